The molecule has 1 heterocycles. The van der Waals surface area contributed by atoms with Crippen LogP contribution >= 0.6 is 22.6 Å². The van der Waals surface area contributed by atoms with Crippen LogP contribution in [0.15, 0.2) is 41.4 Å². The standard InChI is InChI=1S/C12H10IN3O4S/c1-8-10(16(17)18)3-2-4-11(8)21(19,20)15-12-6-5-9(13)7-14-12/h2-7H,1H3,(H,14,15). The molecule has 1 aromatic heterocycles. The van der Waals surface area contributed by atoms with Crippen molar-refractivity contribution in [3.05, 3.63) is 55.8 Å². The fraction of sp³-hybridized carbons (Fsp3) is 0.0833. The number of sulfonamides is 1. The highest BCUT2D eigenvalue weighted by atomic mass is 127. The number of benzene rings is 1. The van der Waals surface area contributed by atoms with Gasteiger partial charge in [0.25, 0.3) is 15.7 Å². The summed E-state index contributed by atoms with van der Waals surface area (Å²) in [5, 5.41) is 10.9. The van der Waals surface area contributed by atoms with Crippen molar-refractivity contribution < 1.29 is 13.3 Å². The average Bonchev–Trinajstić information content (AvgIpc) is 2.41. The number of rotatable bonds is 4. The first-order valence-electron chi connectivity index (χ1n) is 5.69. The highest BCUT2D eigenvalue weighted by Gasteiger charge is 2.23. The third-order valence-corrected chi connectivity index (χ3v) is 4.85. The number of halogens is 1. The van der Waals surface area contributed by atoms with Crippen molar-refractivity contribution in [3.63, 3.8) is 0 Å². The zero-order valence-electron chi connectivity index (χ0n) is 10.8. The van der Waals surface area contributed by atoms with E-state index in [9.17, 15) is 18.5 Å². The van der Waals surface area contributed by atoms with Crippen LogP contribution in [0.4, 0.5) is 11.5 Å². The predicted octanol–water partition coefficient (Wildman–Crippen LogP) is 2.70. The summed E-state index contributed by atoms with van der Waals surface area (Å²) in [5.41, 5.74) is -0.158. The number of nitro groups is 1. The van der Waals surface area contributed by atoms with Gasteiger partial charge < -0.3 is 0 Å². The minimum Gasteiger partial charge on any atom is -0.263 e. The minimum atomic E-state index is -3.93. The van der Waals surface area contributed by atoms with Gasteiger partial charge in [0, 0.05) is 21.4 Å². The van der Waals surface area contributed by atoms with E-state index in [-0.39, 0.29) is 22.0 Å². The lowest BCUT2D eigenvalue weighted by Gasteiger charge is -2.09. The fourth-order valence-corrected chi connectivity index (χ4v) is 3.31. The molecule has 0 spiro atoms. The van der Waals surface area contributed by atoms with Gasteiger partial charge in [-0.25, -0.2) is 13.4 Å². The molecule has 21 heavy (non-hydrogen) atoms. The Morgan fingerprint density at radius 1 is 1.29 bits per heavy atom. The Labute approximate surface area is 134 Å². The van der Waals surface area contributed by atoms with Crippen LogP contribution < -0.4 is 4.72 Å². The fourth-order valence-electron chi connectivity index (χ4n) is 1.72. The summed E-state index contributed by atoms with van der Waals surface area (Å²) in [6.45, 7) is 1.40. The van der Waals surface area contributed by atoms with Crippen LogP contribution in [0.25, 0.3) is 0 Å². The molecule has 0 aliphatic rings. The number of nitrogens with one attached hydrogen (secondary N) is 1. The molecule has 0 bridgehead atoms. The molecule has 0 amide bonds. The molecule has 2 aromatic rings. The Kier molecular flexibility index (Phi) is 4.42. The van der Waals surface area contributed by atoms with Crippen molar-refractivity contribution in [1.29, 1.82) is 0 Å². The summed E-state index contributed by atoms with van der Waals surface area (Å²) in [7, 11) is -3.93. The smallest absolute Gasteiger partial charge is 0.263 e. The molecule has 1 N–H and O–H groups in total. The summed E-state index contributed by atoms with van der Waals surface area (Å²) >= 11 is 2.05. The van der Waals surface area contributed by atoms with Gasteiger partial charge in [-0.05, 0) is 47.7 Å². The maximum absolute atomic E-state index is 12.3. The Hall–Kier alpha value is -1.75. The lowest BCUT2D eigenvalue weighted by atomic mass is 10.2. The van der Waals surface area contributed by atoms with Crippen molar-refractivity contribution in [2.45, 2.75) is 11.8 Å². The van der Waals surface area contributed by atoms with Crippen molar-refractivity contribution in [1.82, 2.24) is 4.98 Å². The van der Waals surface area contributed by atoms with E-state index in [0.29, 0.717) is 0 Å². The van der Waals surface area contributed by atoms with Crippen molar-refractivity contribution >= 4 is 44.1 Å². The van der Waals surface area contributed by atoms with Gasteiger partial charge in [-0.2, -0.15) is 0 Å². The van der Waals surface area contributed by atoms with Gasteiger partial charge in [0.2, 0.25) is 0 Å². The largest absolute Gasteiger partial charge is 0.273 e. The Morgan fingerprint density at radius 2 is 2.00 bits per heavy atom. The minimum absolute atomic E-state index is 0.0838. The highest BCUT2D eigenvalue weighted by molar-refractivity contribution is 14.1. The van der Waals surface area contributed by atoms with Crippen LogP contribution in [-0.2, 0) is 10.0 Å². The number of hydrogen-bond donors (Lipinski definition) is 1. The van der Waals surface area contributed by atoms with Crippen LogP contribution in [0, 0.1) is 20.6 Å². The second kappa shape index (κ2) is 5.93. The van der Waals surface area contributed by atoms with Gasteiger partial charge in [-0.1, -0.05) is 6.07 Å². The van der Waals surface area contributed by atoms with Gasteiger partial charge in [-0.3, -0.25) is 14.8 Å². The van der Waals surface area contributed by atoms with Gasteiger partial charge in [0.15, 0.2) is 0 Å². The molecule has 0 atom stereocenters. The molecule has 0 radical (unpaired) electrons. The van der Waals surface area contributed by atoms with E-state index in [1.54, 1.807) is 6.07 Å². The summed E-state index contributed by atoms with van der Waals surface area (Å²) < 4.78 is 27.8. The van der Waals surface area contributed by atoms with E-state index in [2.05, 4.69) is 9.71 Å². The molecule has 2 rings (SSSR count). The highest BCUT2D eigenvalue weighted by Crippen LogP contribution is 2.26. The zero-order valence-corrected chi connectivity index (χ0v) is 13.8. The lowest BCUT2D eigenvalue weighted by molar-refractivity contribution is -0.385. The Balaban J connectivity index is 2.42. The van der Waals surface area contributed by atoms with E-state index in [0.717, 1.165) is 3.57 Å². The van der Waals surface area contributed by atoms with E-state index in [1.807, 2.05) is 22.6 Å². The van der Waals surface area contributed by atoms with Crippen LogP contribution in [-0.4, -0.2) is 18.3 Å². The SMILES string of the molecule is Cc1c([N+](=O)[O-])cccc1S(=O)(=O)Nc1ccc(I)cn1. The average molecular weight is 419 g/mol. The first-order chi connectivity index (χ1) is 9.81. The number of nitro benzene ring substituents is 1. The summed E-state index contributed by atoms with van der Waals surface area (Å²) in [5.74, 6) is 0.154. The van der Waals surface area contributed by atoms with Crippen molar-refractivity contribution in [2.75, 3.05) is 4.72 Å². The van der Waals surface area contributed by atoms with Crippen molar-refractivity contribution in [3.8, 4) is 0 Å². The first kappa shape index (κ1) is 15.6. The number of nitrogens with zero attached hydrogens (tertiary/aromatic N) is 2. The molecule has 0 saturated carbocycles. The second-order valence-corrected chi connectivity index (χ2v) is 7.02. The Morgan fingerprint density at radius 3 is 2.57 bits per heavy atom. The van der Waals surface area contributed by atoms with Crippen LogP contribution in [0.1, 0.15) is 5.56 Å². The molecule has 0 aliphatic heterocycles. The zero-order chi connectivity index (χ0) is 15.6. The van der Waals surface area contributed by atoms with Crippen LogP contribution in [0.3, 0.4) is 0 Å². The third kappa shape index (κ3) is 3.47. The molecule has 0 unspecified atom stereocenters. The molecule has 0 fully saturated rings. The third-order valence-electron chi connectivity index (χ3n) is 2.71. The summed E-state index contributed by atoms with van der Waals surface area (Å²) in [6, 6.07) is 7.13. The second-order valence-electron chi connectivity index (χ2n) is 4.12. The van der Waals surface area contributed by atoms with Gasteiger partial charge >= 0.3 is 0 Å². The maximum Gasteiger partial charge on any atom is 0.273 e. The molecular weight excluding hydrogens is 409 g/mol. The predicted molar refractivity (Wildman–Crippen MR) is 85.6 cm³/mol. The van der Waals surface area contributed by atoms with Crippen molar-refractivity contribution in [2.24, 2.45) is 0 Å². The maximum atomic E-state index is 12.3. The van der Waals surface area contributed by atoms with E-state index < -0.39 is 14.9 Å². The summed E-state index contributed by atoms with van der Waals surface area (Å²) in [6.07, 6.45) is 1.51. The number of anilines is 1. The van der Waals surface area contributed by atoms with E-state index in [4.69, 9.17) is 0 Å². The van der Waals surface area contributed by atoms with Gasteiger partial charge in [-0.15, -0.1) is 0 Å². The quantitative estimate of drug-likeness (QED) is 0.467. The van der Waals surface area contributed by atoms with Gasteiger partial charge in [0.1, 0.15) is 5.82 Å². The molecular formula is C12H10IN3O4S. The van der Waals surface area contributed by atoms with E-state index >= 15 is 0 Å². The molecule has 110 valence electrons. The monoisotopic (exact) mass is 419 g/mol. The molecule has 1 aromatic carbocycles. The topological polar surface area (TPSA) is 102 Å². The number of pyridine rings is 1. The molecule has 7 nitrogen and oxygen atoms in total. The molecule has 9 heteroatoms. The number of aromatic nitrogens is 1. The van der Waals surface area contributed by atoms with Crippen LogP contribution in [0.5, 0.6) is 0 Å². The van der Waals surface area contributed by atoms with E-state index in [1.165, 1.54) is 37.4 Å². The Bertz CT molecular complexity index is 791. The summed E-state index contributed by atoms with van der Waals surface area (Å²) in [4.78, 5) is 14.1. The molecule has 0 saturated heterocycles. The molecule has 0 aliphatic carbocycles. The first-order valence-corrected chi connectivity index (χ1v) is 8.26. The van der Waals surface area contributed by atoms with Crippen LogP contribution in [0.2, 0.25) is 0 Å². The van der Waals surface area contributed by atoms with Gasteiger partial charge in [0.05, 0.1) is 9.82 Å². The number of hydrogen-bond acceptors (Lipinski definition) is 5. The normalized spacial score (nSPS) is 11.1. The lowest BCUT2D eigenvalue weighted by Crippen LogP contribution is -2.15.